The number of hydrogen-bond donors (Lipinski definition) is 3. The molecule has 1 aromatic carbocycles. The van der Waals surface area contributed by atoms with Crippen molar-refractivity contribution in [2.24, 2.45) is 0 Å². The zero-order valence-electron chi connectivity index (χ0n) is 10.4. The molecule has 2 aromatic rings. The molecule has 2 N–H and O–H groups in total. The Morgan fingerprint density at radius 3 is 2.57 bits per heavy atom. The van der Waals surface area contributed by atoms with Crippen LogP contribution in [-0.4, -0.2) is 32.8 Å². The molecule has 0 saturated carbocycles. The quantitative estimate of drug-likeness (QED) is 0.755. The van der Waals surface area contributed by atoms with Gasteiger partial charge in [0.05, 0.1) is 5.52 Å². The number of para-hydroxylation sites is 1. The lowest BCUT2D eigenvalue weighted by Gasteiger charge is -2.16. The van der Waals surface area contributed by atoms with Crippen LogP contribution in [0.4, 0.5) is 19.0 Å². The number of hydrogen-bond acceptors (Lipinski definition) is 5. The third kappa shape index (κ3) is 3.35. The lowest BCUT2D eigenvalue weighted by atomic mass is 10.2. The SMILES string of the molecule is O=C(O)C(CS)Nc1nc(C(F)(F)F)nc2ccccc12. The molecular weight excluding hydrogens is 307 g/mol. The second-order valence-electron chi connectivity index (χ2n) is 4.13. The summed E-state index contributed by atoms with van der Waals surface area (Å²) in [5, 5.41) is 11.7. The van der Waals surface area contributed by atoms with E-state index < -0.39 is 24.0 Å². The second kappa shape index (κ2) is 5.76. The zero-order chi connectivity index (χ0) is 15.6. The van der Waals surface area contributed by atoms with Crippen LogP contribution >= 0.6 is 12.6 Å². The Balaban J connectivity index is 2.57. The van der Waals surface area contributed by atoms with Crippen molar-refractivity contribution >= 4 is 35.3 Å². The van der Waals surface area contributed by atoms with Crippen LogP contribution in [0.5, 0.6) is 0 Å². The van der Waals surface area contributed by atoms with Crippen LogP contribution in [0.15, 0.2) is 24.3 Å². The predicted octanol–water partition coefficient (Wildman–Crippen LogP) is 2.44. The van der Waals surface area contributed by atoms with Gasteiger partial charge in [0.1, 0.15) is 11.9 Å². The number of nitrogens with one attached hydrogen (secondary N) is 1. The molecule has 112 valence electrons. The summed E-state index contributed by atoms with van der Waals surface area (Å²) in [6.07, 6.45) is -4.72. The van der Waals surface area contributed by atoms with Gasteiger partial charge in [-0.05, 0) is 12.1 Å². The summed E-state index contributed by atoms with van der Waals surface area (Å²) < 4.78 is 38.4. The number of aliphatic carboxylic acids is 1. The first-order chi connectivity index (χ1) is 9.82. The topological polar surface area (TPSA) is 75.1 Å². The van der Waals surface area contributed by atoms with Crippen molar-refractivity contribution in [1.29, 1.82) is 0 Å². The van der Waals surface area contributed by atoms with Crippen molar-refractivity contribution in [3.05, 3.63) is 30.1 Å². The predicted molar refractivity (Wildman–Crippen MR) is 73.4 cm³/mol. The minimum absolute atomic E-state index is 0.0747. The van der Waals surface area contributed by atoms with Crippen LogP contribution in [-0.2, 0) is 11.0 Å². The molecule has 0 aliphatic rings. The van der Waals surface area contributed by atoms with Gasteiger partial charge in [-0.1, -0.05) is 12.1 Å². The Labute approximate surface area is 122 Å². The van der Waals surface area contributed by atoms with Gasteiger partial charge < -0.3 is 10.4 Å². The third-order valence-corrected chi connectivity index (χ3v) is 3.01. The summed E-state index contributed by atoms with van der Waals surface area (Å²) in [6.45, 7) is 0. The molecule has 1 atom stereocenters. The van der Waals surface area contributed by atoms with Gasteiger partial charge in [0.2, 0.25) is 5.82 Å². The van der Waals surface area contributed by atoms with Gasteiger partial charge in [-0.25, -0.2) is 14.8 Å². The largest absolute Gasteiger partial charge is 0.480 e. The highest BCUT2D eigenvalue weighted by Crippen LogP contribution is 2.30. The zero-order valence-corrected chi connectivity index (χ0v) is 11.3. The second-order valence-corrected chi connectivity index (χ2v) is 4.49. The standard InChI is InChI=1S/C12H10F3N3O2S/c13-12(14,15)11-17-7-4-2-1-3-6(7)9(18-11)16-8(5-21)10(19)20/h1-4,8,21H,5H2,(H,19,20)(H,16,17,18). The fraction of sp³-hybridized carbons (Fsp3) is 0.250. The molecule has 0 saturated heterocycles. The molecule has 2 rings (SSSR count). The minimum Gasteiger partial charge on any atom is -0.480 e. The summed E-state index contributed by atoms with van der Waals surface area (Å²) in [5.41, 5.74) is 0.0747. The summed E-state index contributed by atoms with van der Waals surface area (Å²) in [7, 11) is 0. The first-order valence-corrected chi connectivity index (χ1v) is 6.40. The fourth-order valence-electron chi connectivity index (χ4n) is 1.66. The highest BCUT2D eigenvalue weighted by atomic mass is 32.1. The highest BCUT2D eigenvalue weighted by Gasteiger charge is 2.35. The Hall–Kier alpha value is -2.03. The minimum atomic E-state index is -4.72. The van der Waals surface area contributed by atoms with E-state index in [2.05, 4.69) is 27.9 Å². The number of alkyl halides is 3. The number of anilines is 1. The van der Waals surface area contributed by atoms with Crippen LogP contribution < -0.4 is 5.32 Å². The highest BCUT2D eigenvalue weighted by molar-refractivity contribution is 7.80. The summed E-state index contributed by atoms with van der Waals surface area (Å²) in [5.74, 6) is -2.85. The summed E-state index contributed by atoms with van der Waals surface area (Å²) in [4.78, 5) is 17.8. The molecule has 0 aliphatic carbocycles. The van der Waals surface area contributed by atoms with E-state index in [0.29, 0.717) is 5.39 Å². The average molecular weight is 317 g/mol. The Kier molecular flexibility index (Phi) is 4.21. The van der Waals surface area contributed by atoms with Crippen LogP contribution in [0.25, 0.3) is 10.9 Å². The maximum absolute atomic E-state index is 12.8. The molecular formula is C12H10F3N3O2S. The number of carboxylic acid groups (broad SMARTS) is 1. The van der Waals surface area contributed by atoms with Gasteiger partial charge in [0.25, 0.3) is 0 Å². The lowest BCUT2D eigenvalue weighted by Crippen LogP contribution is -2.31. The van der Waals surface area contributed by atoms with Crippen molar-refractivity contribution in [2.45, 2.75) is 12.2 Å². The molecule has 1 aromatic heterocycles. The number of halogens is 3. The van der Waals surface area contributed by atoms with Crippen molar-refractivity contribution in [2.75, 3.05) is 11.1 Å². The Morgan fingerprint density at radius 1 is 1.33 bits per heavy atom. The molecule has 0 bridgehead atoms. The number of carbonyl (C=O) groups is 1. The van der Waals surface area contributed by atoms with Crippen molar-refractivity contribution in [1.82, 2.24) is 9.97 Å². The van der Waals surface area contributed by atoms with Gasteiger partial charge in [-0.2, -0.15) is 25.8 Å². The van der Waals surface area contributed by atoms with E-state index in [-0.39, 0.29) is 17.1 Å². The molecule has 0 spiro atoms. The normalized spacial score (nSPS) is 13.1. The van der Waals surface area contributed by atoms with E-state index in [1.54, 1.807) is 6.07 Å². The molecule has 5 nitrogen and oxygen atoms in total. The van der Waals surface area contributed by atoms with Crippen LogP contribution in [0.1, 0.15) is 5.82 Å². The van der Waals surface area contributed by atoms with Crippen molar-refractivity contribution in [3.8, 4) is 0 Å². The number of rotatable bonds is 4. The lowest BCUT2D eigenvalue weighted by molar-refractivity contribution is -0.144. The molecule has 0 amide bonds. The monoisotopic (exact) mass is 317 g/mol. The molecule has 1 unspecified atom stereocenters. The van der Waals surface area contributed by atoms with Gasteiger partial charge in [0.15, 0.2) is 0 Å². The van der Waals surface area contributed by atoms with E-state index >= 15 is 0 Å². The van der Waals surface area contributed by atoms with Gasteiger partial charge in [-0.3, -0.25) is 0 Å². The first kappa shape index (κ1) is 15.4. The number of aromatic nitrogens is 2. The number of nitrogens with zero attached hydrogens (tertiary/aromatic N) is 2. The van der Waals surface area contributed by atoms with E-state index in [9.17, 15) is 18.0 Å². The van der Waals surface area contributed by atoms with Gasteiger partial charge in [0, 0.05) is 11.1 Å². The van der Waals surface area contributed by atoms with Crippen LogP contribution in [0, 0.1) is 0 Å². The molecule has 9 heteroatoms. The summed E-state index contributed by atoms with van der Waals surface area (Å²) >= 11 is 3.85. The van der Waals surface area contributed by atoms with Gasteiger partial charge >= 0.3 is 12.1 Å². The third-order valence-electron chi connectivity index (χ3n) is 2.65. The first-order valence-electron chi connectivity index (χ1n) is 5.77. The molecule has 0 aliphatic heterocycles. The fourth-order valence-corrected chi connectivity index (χ4v) is 1.91. The van der Waals surface area contributed by atoms with Crippen molar-refractivity contribution in [3.63, 3.8) is 0 Å². The Morgan fingerprint density at radius 2 is 2.00 bits per heavy atom. The van der Waals surface area contributed by atoms with E-state index in [1.165, 1.54) is 18.2 Å². The maximum atomic E-state index is 12.8. The van der Waals surface area contributed by atoms with Crippen LogP contribution in [0.3, 0.4) is 0 Å². The summed E-state index contributed by atoms with van der Waals surface area (Å²) in [6, 6.07) is 4.88. The maximum Gasteiger partial charge on any atom is 0.451 e. The number of fused-ring (bicyclic) bond motifs is 1. The molecule has 1 heterocycles. The Bertz CT molecular complexity index is 678. The molecule has 0 fully saturated rings. The average Bonchev–Trinajstić information content (AvgIpc) is 2.42. The number of thiol groups is 1. The van der Waals surface area contributed by atoms with E-state index in [0.717, 1.165) is 0 Å². The molecule has 0 radical (unpaired) electrons. The number of benzene rings is 1. The smallest absolute Gasteiger partial charge is 0.451 e. The molecule has 21 heavy (non-hydrogen) atoms. The van der Waals surface area contributed by atoms with E-state index in [1.807, 2.05) is 0 Å². The van der Waals surface area contributed by atoms with Crippen LogP contribution in [0.2, 0.25) is 0 Å². The van der Waals surface area contributed by atoms with Crippen molar-refractivity contribution < 1.29 is 23.1 Å². The number of carboxylic acids is 1. The van der Waals surface area contributed by atoms with Gasteiger partial charge in [-0.15, -0.1) is 0 Å². The van der Waals surface area contributed by atoms with E-state index in [4.69, 9.17) is 5.11 Å².